The van der Waals surface area contributed by atoms with E-state index in [-0.39, 0.29) is 0 Å². The Labute approximate surface area is 131 Å². The average molecular weight is 360 g/mol. The molecule has 2 aromatic carbocycles. The first-order valence-corrected chi connectivity index (χ1v) is 7.49. The van der Waals surface area contributed by atoms with E-state index in [4.69, 9.17) is 27.9 Å². The zero-order chi connectivity index (χ0) is 13.8. The maximum atomic E-state index is 6.45. The van der Waals surface area contributed by atoms with Crippen molar-refractivity contribution in [1.29, 1.82) is 0 Å². The lowest BCUT2D eigenvalue weighted by Crippen LogP contribution is -1.94. The van der Waals surface area contributed by atoms with Crippen molar-refractivity contribution in [2.75, 3.05) is 6.61 Å². The van der Waals surface area contributed by atoms with E-state index in [2.05, 4.69) is 15.9 Å². The summed E-state index contributed by atoms with van der Waals surface area (Å²) in [7, 11) is 0. The number of rotatable bonds is 4. The van der Waals surface area contributed by atoms with Crippen LogP contribution in [-0.2, 0) is 11.3 Å². The minimum absolute atomic E-state index is 0.509. The van der Waals surface area contributed by atoms with Gasteiger partial charge in [-0.3, -0.25) is 0 Å². The minimum Gasteiger partial charge on any atom is -0.377 e. The van der Waals surface area contributed by atoms with Crippen molar-refractivity contribution in [3.63, 3.8) is 0 Å². The van der Waals surface area contributed by atoms with E-state index in [0.29, 0.717) is 23.3 Å². The van der Waals surface area contributed by atoms with Gasteiger partial charge in [0.05, 0.1) is 16.7 Å². The maximum absolute atomic E-state index is 6.45. The number of halogens is 3. The smallest absolute Gasteiger partial charge is 0.0731 e. The second kappa shape index (κ2) is 6.76. The SMILES string of the molecule is CCOCc1cccc(-c2cccc(Br)c2Cl)c1Cl. The molecule has 0 N–H and O–H groups in total. The average Bonchev–Trinajstić information content (AvgIpc) is 2.41. The molecule has 4 heteroatoms. The summed E-state index contributed by atoms with van der Waals surface area (Å²) >= 11 is 16.2. The lowest BCUT2D eigenvalue weighted by atomic mass is 10.0. The normalized spacial score (nSPS) is 10.7. The third kappa shape index (κ3) is 3.32. The first-order valence-electron chi connectivity index (χ1n) is 5.94. The standard InChI is InChI=1S/C15H13BrCl2O/c1-2-19-9-10-5-3-6-11(14(10)17)12-7-4-8-13(16)15(12)18/h3-8H,2,9H2,1H3. The fraction of sp³-hybridized carbons (Fsp3) is 0.200. The molecule has 0 atom stereocenters. The molecule has 0 fully saturated rings. The van der Waals surface area contributed by atoms with Gasteiger partial charge in [-0.1, -0.05) is 53.5 Å². The summed E-state index contributed by atoms with van der Waals surface area (Å²) in [5.74, 6) is 0. The van der Waals surface area contributed by atoms with E-state index in [1.54, 1.807) is 0 Å². The van der Waals surface area contributed by atoms with Gasteiger partial charge in [0, 0.05) is 22.2 Å². The minimum atomic E-state index is 0.509. The molecular weight excluding hydrogens is 347 g/mol. The van der Waals surface area contributed by atoms with E-state index in [1.807, 2.05) is 43.3 Å². The molecule has 0 saturated carbocycles. The van der Waals surface area contributed by atoms with Crippen molar-refractivity contribution in [2.45, 2.75) is 13.5 Å². The summed E-state index contributed by atoms with van der Waals surface area (Å²) in [5.41, 5.74) is 2.81. The van der Waals surface area contributed by atoms with Crippen LogP contribution in [-0.4, -0.2) is 6.61 Å². The Morgan fingerprint density at radius 3 is 2.32 bits per heavy atom. The first kappa shape index (κ1) is 14.9. The summed E-state index contributed by atoms with van der Waals surface area (Å²) in [4.78, 5) is 0. The van der Waals surface area contributed by atoms with E-state index < -0.39 is 0 Å². The van der Waals surface area contributed by atoms with Crippen molar-refractivity contribution in [3.8, 4) is 11.1 Å². The van der Waals surface area contributed by atoms with Gasteiger partial charge in [0.1, 0.15) is 0 Å². The number of hydrogen-bond donors (Lipinski definition) is 0. The Morgan fingerprint density at radius 2 is 1.63 bits per heavy atom. The molecule has 100 valence electrons. The summed E-state index contributed by atoms with van der Waals surface area (Å²) in [6.45, 7) is 3.13. The molecule has 0 aliphatic rings. The van der Waals surface area contributed by atoms with Crippen LogP contribution in [0.3, 0.4) is 0 Å². The Kier molecular flexibility index (Phi) is 5.28. The highest BCUT2D eigenvalue weighted by Crippen LogP contribution is 2.38. The van der Waals surface area contributed by atoms with Crippen LogP contribution in [0.15, 0.2) is 40.9 Å². The van der Waals surface area contributed by atoms with E-state index in [0.717, 1.165) is 21.2 Å². The van der Waals surface area contributed by atoms with Crippen LogP contribution in [0, 0.1) is 0 Å². The maximum Gasteiger partial charge on any atom is 0.0731 e. The van der Waals surface area contributed by atoms with Crippen LogP contribution >= 0.6 is 39.1 Å². The number of hydrogen-bond acceptors (Lipinski definition) is 1. The van der Waals surface area contributed by atoms with Gasteiger partial charge in [0.2, 0.25) is 0 Å². The summed E-state index contributed by atoms with van der Waals surface area (Å²) < 4.78 is 6.28. The van der Waals surface area contributed by atoms with Gasteiger partial charge in [0.25, 0.3) is 0 Å². The largest absolute Gasteiger partial charge is 0.377 e. The zero-order valence-corrected chi connectivity index (χ0v) is 13.5. The highest BCUT2D eigenvalue weighted by atomic mass is 79.9. The molecule has 19 heavy (non-hydrogen) atoms. The number of ether oxygens (including phenoxy) is 1. The fourth-order valence-corrected chi connectivity index (χ4v) is 2.70. The molecule has 0 heterocycles. The van der Waals surface area contributed by atoms with Crippen molar-refractivity contribution in [2.24, 2.45) is 0 Å². The monoisotopic (exact) mass is 358 g/mol. The van der Waals surface area contributed by atoms with E-state index in [9.17, 15) is 0 Å². The molecule has 0 aliphatic carbocycles. The van der Waals surface area contributed by atoms with E-state index >= 15 is 0 Å². The van der Waals surface area contributed by atoms with Crippen molar-refractivity contribution < 1.29 is 4.74 Å². The lowest BCUT2D eigenvalue weighted by Gasteiger charge is -2.12. The Balaban J connectivity index is 2.48. The predicted octanol–water partition coefficient (Wildman–Crippen LogP) is 5.96. The van der Waals surface area contributed by atoms with Crippen molar-refractivity contribution >= 4 is 39.1 Å². The highest BCUT2D eigenvalue weighted by molar-refractivity contribution is 9.10. The van der Waals surface area contributed by atoms with Crippen LogP contribution in [0.4, 0.5) is 0 Å². The molecular formula is C15H13BrCl2O. The van der Waals surface area contributed by atoms with Crippen LogP contribution in [0.1, 0.15) is 12.5 Å². The van der Waals surface area contributed by atoms with Gasteiger partial charge >= 0.3 is 0 Å². The topological polar surface area (TPSA) is 9.23 Å². The van der Waals surface area contributed by atoms with E-state index in [1.165, 1.54) is 0 Å². The fourth-order valence-electron chi connectivity index (χ4n) is 1.82. The molecule has 0 aliphatic heterocycles. The molecule has 0 amide bonds. The van der Waals surface area contributed by atoms with Crippen molar-refractivity contribution in [3.05, 3.63) is 56.5 Å². The molecule has 1 nitrogen and oxygen atoms in total. The number of benzene rings is 2. The molecule has 0 saturated heterocycles. The van der Waals surface area contributed by atoms with Crippen LogP contribution in [0.25, 0.3) is 11.1 Å². The molecule has 0 unspecified atom stereocenters. The van der Waals surface area contributed by atoms with Gasteiger partial charge in [-0.15, -0.1) is 0 Å². The molecule has 2 aromatic rings. The van der Waals surface area contributed by atoms with Crippen molar-refractivity contribution in [1.82, 2.24) is 0 Å². The Morgan fingerprint density at radius 1 is 1.00 bits per heavy atom. The van der Waals surface area contributed by atoms with Gasteiger partial charge in [-0.2, -0.15) is 0 Å². The molecule has 0 aromatic heterocycles. The summed E-state index contributed by atoms with van der Waals surface area (Å²) in [5, 5.41) is 1.36. The Bertz CT molecular complexity index is 584. The third-order valence-corrected chi connectivity index (χ3v) is 4.52. The molecule has 2 rings (SSSR count). The second-order valence-electron chi connectivity index (χ2n) is 4.02. The predicted molar refractivity (Wildman–Crippen MR) is 84.9 cm³/mol. The quantitative estimate of drug-likeness (QED) is 0.654. The van der Waals surface area contributed by atoms with Gasteiger partial charge in [0.15, 0.2) is 0 Å². The van der Waals surface area contributed by atoms with Crippen LogP contribution in [0.2, 0.25) is 10.0 Å². The van der Waals surface area contributed by atoms with Gasteiger partial charge in [-0.25, -0.2) is 0 Å². The second-order valence-corrected chi connectivity index (χ2v) is 5.63. The van der Waals surface area contributed by atoms with Gasteiger partial charge < -0.3 is 4.74 Å². The molecule has 0 radical (unpaired) electrons. The highest BCUT2D eigenvalue weighted by Gasteiger charge is 2.12. The lowest BCUT2D eigenvalue weighted by molar-refractivity contribution is 0.134. The Hall–Kier alpha value is -0.540. The van der Waals surface area contributed by atoms with Crippen LogP contribution in [0.5, 0.6) is 0 Å². The van der Waals surface area contributed by atoms with Gasteiger partial charge in [-0.05, 0) is 34.5 Å². The third-order valence-electron chi connectivity index (χ3n) is 2.78. The molecule has 0 bridgehead atoms. The first-order chi connectivity index (χ1) is 9.15. The molecule has 0 spiro atoms. The zero-order valence-electron chi connectivity index (χ0n) is 10.4. The van der Waals surface area contributed by atoms with Crippen LogP contribution < -0.4 is 0 Å². The summed E-state index contributed by atoms with van der Waals surface area (Å²) in [6.07, 6.45) is 0. The summed E-state index contributed by atoms with van der Waals surface area (Å²) in [6, 6.07) is 11.7.